The summed E-state index contributed by atoms with van der Waals surface area (Å²) in [4.78, 5) is 27.7. The van der Waals surface area contributed by atoms with Crippen molar-refractivity contribution in [2.45, 2.75) is 65.6 Å². The van der Waals surface area contributed by atoms with Crippen LogP contribution in [0.25, 0.3) is 0 Å². The zero-order valence-electron chi connectivity index (χ0n) is 21.4. The van der Waals surface area contributed by atoms with Gasteiger partial charge in [0, 0.05) is 25.6 Å². The average Bonchev–Trinajstić information content (AvgIpc) is 2.81. The third-order valence-corrected chi connectivity index (χ3v) is 7.96. The second-order valence-electron chi connectivity index (χ2n) is 8.99. The Kier molecular flexibility index (Phi) is 11.1. The molecule has 0 saturated carbocycles. The maximum Gasteiger partial charge on any atom is 0.242 e. The summed E-state index contributed by atoms with van der Waals surface area (Å²) in [5.41, 5.74) is 2.14. The summed E-state index contributed by atoms with van der Waals surface area (Å²) < 4.78 is 26.3. The normalized spacial score (nSPS) is 13.1. The number of benzene rings is 2. The first-order chi connectivity index (χ1) is 16.8. The largest absolute Gasteiger partial charge is 0.352 e. The fraction of sp³-hybridized carbons (Fsp3) is 0.462. The number of aryl methyl sites for hydroxylation is 1. The monoisotopic (exact) mass is 555 g/mol. The third-order valence-electron chi connectivity index (χ3n) is 6.04. The van der Waals surface area contributed by atoms with E-state index in [4.69, 9.17) is 23.2 Å². The van der Waals surface area contributed by atoms with Crippen molar-refractivity contribution in [1.82, 2.24) is 10.2 Å². The lowest BCUT2D eigenvalue weighted by molar-refractivity contribution is -0.140. The second-order valence-corrected chi connectivity index (χ2v) is 11.7. The van der Waals surface area contributed by atoms with Gasteiger partial charge in [-0.25, -0.2) is 8.42 Å². The molecule has 0 bridgehead atoms. The van der Waals surface area contributed by atoms with Gasteiger partial charge < -0.3 is 10.2 Å². The number of sulfonamides is 1. The van der Waals surface area contributed by atoms with Gasteiger partial charge in [-0.1, -0.05) is 54.4 Å². The molecule has 0 saturated heterocycles. The van der Waals surface area contributed by atoms with Gasteiger partial charge in [0.05, 0.1) is 22.0 Å². The number of hydrogen-bond acceptors (Lipinski definition) is 4. The van der Waals surface area contributed by atoms with E-state index in [-0.39, 0.29) is 43.8 Å². The number of nitrogens with one attached hydrogen (secondary N) is 1. The lowest BCUT2D eigenvalue weighted by Gasteiger charge is -2.30. The Morgan fingerprint density at radius 2 is 1.72 bits per heavy atom. The first kappa shape index (κ1) is 29.9. The second kappa shape index (κ2) is 13.3. The number of hydrogen-bond donors (Lipinski definition) is 1. The van der Waals surface area contributed by atoms with E-state index < -0.39 is 16.1 Å². The molecule has 0 aromatic heterocycles. The summed E-state index contributed by atoms with van der Waals surface area (Å²) in [6, 6.07) is 11.5. The summed E-state index contributed by atoms with van der Waals surface area (Å²) in [6.45, 7) is 7.71. The molecule has 2 aromatic rings. The number of halogens is 2. The van der Waals surface area contributed by atoms with Gasteiger partial charge in [0.1, 0.15) is 6.04 Å². The lowest BCUT2D eigenvalue weighted by atomic mass is 10.1. The molecule has 0 fully saturated rings. The van der Waals surface area contributed by atoms with Gasteiger partial charge in [-0.3, -0.25) is 13.9 Å². The van der Waals surface area contributed by atoms with Crippen molar-refractivity contribution >= 4 is 50.7 Å². The SMILES string of the molecule is CC[C@@H](C)NC(=O)[C@H](C)N(Cc1ccc(Cl)c(Cl)c1)C(=O)CCCN(c1ccccc1C)S(C)(=O)=O. The predicted molar refractivity (Wildman–Crippen MR) is 147 cm³/mol. The Labute approximate surface area is 224 Å². The van der Waals surface area contributed by atoms with Gasteiger partial charge in [0.2, 0.25) is 21.8 Å². The summed E-state index contributed by atoms with van der Waals surface area (Å²) >= 11 is 12.2. The first-order valence-corrected chi connectivity index (χ1v) is 14.5. The Bertz CT molecular complexity index is 1170. The molecule has 0 unspecified atom stereocenters. The molecule has 198 valence electrons. The maximum absolute atomic E-state index is 13.4. The summed E-state index contributed by atoms with van der Waals surface area (Å²) in [5, 5.41) is 3.69. The van der Waals surface area contributed by atoms with Crippen molar-refractivity contribution in [2.24, 2.45) is 0 Å². The van der Waals surface area contributed by atoms with Crippen molar-refractivity contribution in [2.75, 3.05) is 17.1 Å². The minimum Gasteiger partial charge on any atom is -0.352 e. The Hall–Kier alpha value is -2.29. The van der Waals surface area contributed by atoms with E-state index >= 15 is 0 Å². The molecule has 1 N–H and O–H groups in total. The number of nitrogens with zero attached hydrogens (tertiary/aromatic N) is 2. The average molecular weight is 557 g/mol. The van der Waals surface area contributed by atoms with Gasteiger partial charge in [-0.05, 0) is 62.9 Å². The molecular formula is C26H35Cl2N3O4S. The Morgan fingerprint density at radius 1 is 1.06 bits per heavy atom. The predicted octanol–water partition coefficient (Wildman–Crippen LogP) is 5.18. The molecule has 0 heterocycles. The van der Waals surface area contributed by atoms with Crippen molar-refractivity contribution in [1.29, 1.82) is 0 Å². The molecule has 2 aromatic carbocycles. The Morgan fingerprint density at radius 3 is 2.31 bits per heavy atom. The highest BCUT2D eigenvalue weighted by atomic mass is 35.5. The van der Waals surface area contributed by atoms with Crippen LogP contribution in [0.3, 0.4) is 0 Å². The first-order valence-electron chi connectivity index (χ1n) is 11.9. The third kappa shape index (κ3) is 8.39. The highest BCUT2D eigenvalue weighted by molar-refractivity contribution is 7.92. The smallest absolute Gasteiger partial charge is 0.242 e. The minimum absolute atomic E-state index is 0.0284. The van der Waals surface area contributed by atoms with Gasteiger partial charge in [-0.15, -0.1) is 0 Å². The minimum atomic E-state index is -3.55. The van der Waals surface area contributed by atoms with Gasteiger partial charge >= 0.3 is 0 Å². The number of anilines is 1. The van der Waals surface area contributed by atoms with Crippen LogP contribution in [0, 0.1) is 6.92 Å². The van der Waals surface area contributed by atoms with E-state index in [1.165, 1.54) is 9.21 Å². The molecule has 7 nitrogen and oxygen atoms in total. The van der Waals surface area contributed by atoms with Crippen LogP contribution in [0.2, 0.25) is 10.0 Å². The van der Waals surface area contributed by atoms with Crippen LogP contribution in [0.15, 0.2) is 42.5 Å². The highest BCUT2D eigenvalue weighted by Crippen LogP contribution is 2.25. The van der Waals surface area contributed by atoms with Crippen LogP contribution < -0.4 is 9.62 Å². The number of amides is 2. The number of carbonyl (C=O) groups excluding carboxylic acids is 2. The molecular weight excluding hydrogens is 521 g/mol. The van der Waals surface area contributed by atoms with Crippen molar-refractivity contribution in [3.05, 3.63) is 63.6 Å². The van der Waals surface area contributed by atoms with E-state index in [1.54, 1.807) is 37.3 Å². The van der Waals surface area contributed by atoms with E-state index in [0.717, 1.165) is 23.8 Å². The molecule has 36 heavy (non-hydrogen) atoms. The number of para-hydroxylation sites is 1. The topological polar surface area (TPSA) is 86.8 Å². The van der Waals surface area contributed by atoms with Crippen LogP contribution >= 0.6 is 23.2 Å². The zero-order chi connectivity index (χ0) is 27.0. The van der Waals surface area contributed by atoms with Crippen LogP contribution in [-0.4, -0.2) is 50.0 Å². The molecule has 2 atom stereocenters. The maximum atomic E-state index is 13.4. The van der Waals surface area contributed by atoms with E-state index in [0.29, 0.717) is 15.7 Å². The number of carbonyl (C=O) groups is 2. The van der Waals surface area contributed by atoms with E-state index in [9.17, 15) is 18.0 Å². The van der Waals surface area contributed by atoms with Crippen molar-refractivity contribution in [3.63, 3.8) is 0 Å². The van der Waals surface area contributed by atoms with Gasteiger partial charge in [0.25, 0.3) is 0 Å². The van der Waals surface area contributed by atoms with Crippen LogP contribution in [0.5, 0.6) is 0 Å². The Balaban J connectivity index is 2.21. The quantitative estimate of drug-likeness (QED) is 0.391. The van der Waals surface area contributed by atoms with Crippen LogP contribution in [0.4, 0.5) is 5.69 Å². The van der Waals surface area contributed by atoms with Gasteiger partial charge in [-0.2, -0.15) is 0 Å². The fourth-order valence-corrected chi connectivity index (χ4v) is 5.05. The molecule has 0 aliphatic carbocycles. The summed E-state index contributed by atoms with van der Waals surface area (Å²) in [7, 11) is -3.55. The van der Waals surface area contributed by atoms with Crippen LogP contribution in [-0.2, 0) is 26.2 Å². The molecule has 2 rings (SSSR count). The zero-order valence-corrected chi connectivity index (χ0v) is 23.8. The van der Waals surface area contributed by atoms with Crippen molar-refractivity contribution in [3.8, 4) is 0 Å². The van der Waals surface area contributed by atoms with Crippen LogP contribution in [0.1, 0.15) is 51.2 Å². The molecule has 2 amide bonds. The molecule has 0 aliphatic heterocycles. The standard InChI is InChI=1S/C26H35Cl2N3O4S/c1-6-19(3)29-26(33)20(4)30(17-21-13-14-22(27)23(28)16-21)25(32)12-9-15-31(36(5,34)35)24-11-8-7-10-18(24)2/h7-8,10-11,13-14,16,19-20H,6,9,12,15,17H2,1-5H3,(H,29,33)/t19-,20+/m1/s1. The molecule has 0 spiro atoms. The van der Waals surface area contributed by atoms with Crippen molar-refractivity contribution < 1.29 is 18.0 Å². The lowest BCUT2D eigenvalue weighted by Crippen LogP contribution is -2.49. The molecule has 0 aliphatic rings. The summed E-state index contributed by atoms with van der Waals surface area (Å²) in [5.74, 6) is -0.512. The summed E-state index contributed by atoms with van der Waals surface area (Å²) in [6.07, 6.45) is 2.27. The van der Waals surface area contributed by atoms with Gasteiger partial charge in [0.15, 0.2) is 0 Å². The van der Waals surface area contributed by atoms with E-state index in [1.807, 2.05) is 32.9 Å². The molecule has 10 heteroatoms. The number of rotatable bonds is 12. The molecule has 0 radical (unpaired) electrons. The van der Waals surface area contributed by atoms with E-state index in [2.05, 4.69) is 5.32 Å². The fourth-order valence-electron chi connectivity index (χ4n) is 3.71. The highest BCUT2D eigenvalue weighted by Gasteiger charge is 2.27.